The fraction of sp³-hybridized carbons (Fsp3) is 0.559. The van der Waals surface area contributed by atoms with Crippen LogP contribution in [0.2, 0.25) is 0 Å². The van der Waals surface area contributed by atoms with Crippen LogP contribution in [-0.4, -0.2) is 59.6 Å². The number of rotatable bonds is 3. The Balaban J connectivity index is 1.29. The second-order valence-electron chi connectivity index (χ2n) is 12.3. The summed E-state index contributed by atoms with van der Waals surface area (Å²) in [6.07, 6.45) is 13.2. The summed E-state index contributed by atoms with van der Waals surface area (Å²) in [5.41, 5.74) is 0.964. The number of halogens is 1. The number of aliphatic carboxylic acids is 1. The van der Waals surface area contributed by atoms with E-state index in [0.717, 1.165) is 50.5 Å². The SMILES string of the molecule is O=C1NCC(=O)N2[C@H]3C[C@@]3(COCCCCCCCCCCCCc3cc1ccc3Oc1ccc(F)cc1)C[C@H]2C(=O)O. The molecule has 2 aromatic rings. The van der Waals surface area contributed by atoms with E-state index >= 15 is 0 Å². The van der Waals surface area contributed by atoms with Crippen LogP contribution < -0.4 is 10.1 Å². The van der Waals surface area contributed by atoms with Gasteiger partial charge < -0.3 is 24.8 Å². The van der Waals surface area contributed by atoms with Gasteiger partial charge in [-0.1, -0.05) is 51.4 Å². The van der Waals surface area contributed by atoms with E-state index in [1.165, 1.54) is 49.1 Å². The predicted octanol–water partition coefficient (Wildman–Crippen LogP) is 6.27. The lowest BCUT2D eigenvalue weighted by molar-refractivity contribution is -0.149. The molecule has 0 aromatic heterocycles. The van der Waals surface area contributed by atoms with E-state index in [9.17, 15) is 23.9 Å². The maximum atomic E-state index is 13.4. The van der Waals surface area contributed by atoms with Crippen LogP contribution >= 0.6 is 0 Å². The summed E-state index contributed by atoms with van der Waals surface area (Å²) in [6, 6.07) is 9.91. The topological polar surface area (TPSA) is 105 Å². The number of benzene rings is 2. The van der Waals surface area contributed by atoms with Gasteiger partial charge in [-0.2, -0.15) is 0 Å². The Morgan fingerprint density at radius 1 is 0.930 bits per heavy atom. The van der Waals surface area contributed by atoms with Crippen molar-refractivity contribution < 1.29 is 33.4 Å². The van der Waals surface area contributed by atoms with Gasteiger partial charge in [0.25, 0.3) is 5.91 Å². The Bertz CT molecular complexity index is 1280. The summed E-state index contributed by atoms with van der Waals surface area (Å²) in [5, 5.41) is 12.6. The van der Waals surface area contributed by atoms with Crippen molar-refractivity contribution >= 4 is 17.8 Å². The molecule has 1 aliphatic carbocycles. The monoisotopic (exact) mass is 594 g/mol. The summed E-state index contributed by atoms with van der Waals surface area (Å²) in [4.78, 5) is 39.9. The number of amides is 2. The van der Waals surface area contributed by atoms with Crippen molar-refractivity contribution in [3.63, 3.8) is 0 Å². The average Bonchev–Trinajstić information content (AvgIpc) is 3.59. The van der Waals surface area contributed by atoms with E-state index < -0.39 is 23.8 Å². The highest BCUT2D eigenvalue weighted by atomic mass is 19.1. The molecule has 3 atom stereocenters. The van der Waals surface area contributed by atoms with Gasteiger partial charge in [-0.05, 0) is 80.1 Å². The molecular formula is C34H43FN2O6. The fourth-order valence-corrected chi connectivity index (χ4v) is 6.61. The standard InChI is InChI=1S/C34H43FN2O6/c35-26-13-15-27(16-14-26)43-29-17-12-25-19-24(29)11-9-7-5-3-1-2-4-6-8-10-18-42-23-34-20-28(33(40)41)37(30(34)21-34)31(38)22-36-32(25)39/h12-17,19,28,30H,1-11,18,20-23H2,(H,36,39)(H,40,41)/t28-,30-,34+/m0/s1. The molecule has 0 spiro atoms. The first-order chi connectivity index (χ1) is 20.9. The Kier molecular flexibility index (Phi) is 10.3. The van der Waals surface area contributed by atoms with Crippen molar-refractivity contribution in [1.29, 1.82) is 0 Å². The zero-order valence-corrected chi connectivity index (χ0v) is 24.8. The Hall–Kier alpha value is -3.46. The number of nitrogens with zero attached hydrogens (tertiary/aromatic N) is 1. The third kappa shape index (κ3) is 7.93. The van der Waals surface area contributed by atoms with Gasteiger partial charge in [0.1, 0.15) is 23.4 Å². The molecule has 43 heavy (non-hydrogen) atoms. The molecule has 9 heteroatoms. The van der Waals surface area contributed by atoms with Gasteiger partial charge >= 0.3 is 5.97 Å². The summed E-state index contributed by atoms with van der Waals surface area (Å²) in [5.74, 6) is -1.06. The number of ether oxygens (including phenoxy) is 2. The number of hydrogen-bond donors (Lipinski definition) is 2. The number of carbonyl (C=O) groups is 3. The Morgan fingerprint density at radius 3 is 2.30 bits per heavy atom. The van der Waals surface area contributed by atoms with Crippen molar-refractivity contribution in [2.75, 3.05) is 19.8 Å². The minimum absolute atomic E-state index is 0.168. The molecule has 2 fully saturated rings. The number of carboxylic acid groups (broad SMARTS) is 1. The molecule has 2 amide bonds. The van der Waals surface area contributed by atoms with E-state index in [-0.39, 0.29) is 23.8 Å². The molecule has 2 N–H and O–H groups in total. The average molecular weight is 595 g/mol. The van der Waals surface area contributed by atoms with Gasteiger partial charge in [0, 0.05) is 23.6 Å². The van der Waals surface area contributed by atoms with Crippen LogP contribution in [0.25, 0.3) is 0 Å². The maximum Gasteiger partial charge on any atom is 0.326 e. The molecule has 5 rings (SSSR count). The number of carbonyl (C=O) groups excluding carboxylic acids is 2. The van der Waals surface area contributed by atoms with Gasteiger partial charge in [0.05, 0.1) is 13.2 Å². The molecule has 1 saturated heterocycles. The lowest BCUT2D eigenvalue weighted by Crippen LogP contribution is -2.47. The van der Waals surface area contributed by atoms with Gasteiger partial charge in [0.2, 0.25) is 5.91 Å². The molecular weight excluding hydrogens is 551 g/mol. The number of hydrogen-bond acceptors (Lipinski definition) is 5. The molecule has 2 heterocycles. The van der Waals surface area contributed by atoms with Crippen LogP contribution in [-0.2, 0) is 20.7 Å². The zero-order chi connectivity index (χ0) is 30.2. The largest absolute Gasteiger partial charge is 0.480 e. The van der Waals surface area contributed by atoms with E-state index in [1.807, 2.05) is 0 Å². The Labute approximate surface area is 252 Å². The molecule has 2 aliphatic heterocycles. The van der Waals surface area contributed by atoms with E-state index in [2.05, 4.69) is 5.32 Å². The van der Waals surface area contributed by atoms with Crippen molar-refractivity contribution in [1.82, 2.24) is 10.2 Å². The van der Waals surface area contributed by atoms with E-state index in [4.69, 9.17) is 9.47 Å². The third-order valence-corrected chi connectivity index (χ3v) is 9.13. The highest BCUT2D eigenvalue weighted by Gasteiger charge is 2.67. The molecule has 4 bridgehead atoms. The highest BCUT2D eigenvalue weighted by molar-refractivity contribution is 5.97. The first-order valence-corrected chi connectivity index (χ1v) is 15.8. The number of piperidine rings is 1. The van der Waals surface area contributed by atoms with Gasteiger partial charge in [-0.15, -0.1) is 0 Å². The molecule has 0 unspecified atom stereocenters. The minimum atomic E-state index is -1.02. The van der Waals surface area contributed by atoms with E-state index in [0.29, 0.717) is 36.7 Å². The molecule has 0 radical (unpaired) electrons. The van der Waals surface area contributed by atoms with Gasteiger partial charge in [-0.3, -0.25) is 9.59 Å². The molecule has 8 nitrogen and oxygen atoms in total. The van der Waals surface area contributed by atoms with Crippen LogP contribution in [0.4, 0.5) is 4.39 Å². The smallest absolute Gasteiger partial charge is 0.326 e. The molecule has 1 saturated carbocycles. The summed E-state index contributed by atoms with van der Waals surface area (Å²) < 4.78 is 25.4. The molecule has 232 valence electrons. The Morgan fingerprint density at radius 2 is 1.60 bits per heavy atom. The number of nitrogens with one attached hydrogen (secondary N) is 1. The summed E-state index contributed by atoms with van der Waals surface area (Å²) in [6.45, 7) is 0.845. The highest BCUT2D eigenvalue weighted by Crippen LogP contribution is 2.59. The fourth-order valence-electron chi connectivity index (χ4n) is 6.61. The van der Waals surface area contributed by atoms with Crippen LogP contribution in [0.3, 0.4) is 0 Å². The van der Waals surface area contributed by atoms with Crippen molar-refractivity contribution in [2.45, 2.75) is 95.6 Å². The summed E-state index contributed by atoms with van der Waals surface area (Å²) in [7, 11) is 0. The summed E-state index contributed by atoms with van der Waals surface area (Å²) >= 11 is 0. The normalized spacial score (nSPS) is 26.1. The molecule has 3 aliphatic rings. The number of aryl methyl sites for hydroxylation is 1. The number of carboxylic acids is 1. The first kappa shape index (κ1) is 31.0. The van der Waals surface area contributed by atoms with Crippen LogP contribution in [0.15, 0.2) is 42.5 Å². The minimum Gasteiger partial charge on any atom is -0.480 e. The third-order valence-electron chi connectivity index (χ3n) is 9.13. The zero-order valence-electron chi connectivity index (χ0n) is 24.8. The number of fused-ring (bicyclic) bond motifs is 2. The second-order valence-corrected chi connectivity index (χ2v) is 12.3. The lowest BCUT2D eigenvalue weighted by atomic mass is 10.0. The maximum absolute atomic E-state index is 13.4. The lowest BCUT2D eigenvalue weighted by Gasteiger charge is -2.24. The van der Waals surface area contributed by atoms with Crippen LogP contribution in [0, 0.1) is 11.2 Å². The predicted molar refractivity (Wildman–Crippen MR) is 160 cm³/mol. The van der Waals surface area contributed by atoms with Crippen LogP contribution in [0.5, 0.6) is 11.5 Å². The van der Waals surface area contributed by atoms with Crippen molar-refractivity contribution in [2.24, 2.45) is 5.41 Å². The van der Waals surface area contributed by atoms with Crippen molar-refractivity contribution in [3.8, 4) is 11.5 Å². The molecule has 2 aromatic carbocycles. The van der Waals surface area contributed by atoms with Crippen molar-refractivity contribution in [3.05, 3.63) is 59.4 Å². The van der Waals surface area contributed by atoms with Gasteiger partial charge in [-0.25, -0.2) is 9.18 Å². The first-order valence-electron chi connectivity index (χ1n) is 15.8. The van der Waals surface area contributed by atoms with Gasteiger partial charge in [0.15, 0.2) is 0 Å². The van der Waals surface area contributed by atoms with E-state index in [1.54, 1.807) is 30.3 Å². The second kappa shape index (κ2) is 14.3. The van der Waals surface area contributed by atoms with Crippen LogP contribution in [0.1, 0.15) is 93.0 Å². The quantitative estimate of drug-likeness (QED) is 0.434.